The number of hydrogen-bond donors (Lipinski definition) is 1. The van der Waals surface area contributed by atoms with Gasteiger partial charge in [0.15, 0.2) is 11.8 Å². The van der Waals surface area contributed by atoms with Gasteiger partial charge in [-0.1, -0.05) is 42.7 Å². The molecule has 1 aliphatic heterocycles. The van der Waals surface area contributed by atoms with Gasteiger partial charge in [0.05, 0.1) is 6.54 Å². The molecular weight excluding hydrogens is 531 g/mol. The zero-order chi connectivity index (χ0) is 21.5. The predicted octanol–water partition coefficient (Wildman–Crippen LogP) is 3.32. The van der Waals surface area contributed by atoms with Crippen LogP contribution in [0.3, 0.4) is 0 Å². The first-order valence-electron chi connectivity index (χ1n) is 10.3. The lowest BCUT2D eigenvalue weighted by Crippen LogP contribution is -2.55. The first kappa shape index (κ1) is 25.4. The van der Waals surface area contributed by atoms with Gasteiger partial charge in [0, 0.05) is 50.6 Å². The molecule has 170 valence electrons. The fraction of sp³-hybridized carbons (Fsp3) is 0.524. The van der Waals surface area contributed by atoms with E-state index >= 15 is 0 Å². The van der Waals surface area contributed by atoms with Crippen molar-refractivity contribution in [3.8, 4) is 0 Å². The minimum absolute atomic E-state index is 0. The third kappa shape index (κ3) is 7.34. The highest BCUT2D eigenvalue weighted by Crippen LogP contribution is 2.14. The number of guanidine groups is 1. The summed E-state index contributed by atoms with van der Waals surface area (Å²) in [5.74, 6) is 2.48. The summed E-state index contributed by atoms with van der Waals surface area (Å²) in [4.78, 5) is 25.2. The van der Waals surface area contributed by atoms with E-state index in [1.165, 1.54) is 0 Å². The number of carbonyl (C=O) groups is 1. The second-order valence-corrected chi connectivity index (χ2v) is 8.08. The van der Waals surface area contributed by atoms with Crippen LogP contribution in [0.25, 0.3) is 0 Å². The van der Waals surface area contributed by atoms with E-state index < -0.39 is 0 Å². The Morgan fingerprint density at radius 1 is 1.29 bits per heavy atom. The summed E-state index contributed by atoms with van der Waals surface area (Å²) < 4.78 is 5.27. The van der Waals surface area contributed by atoms with Gasteiger partial charge in [-0.05, 0) is 24.1 Å². The summed E-state index contributed by atoms with van der Waals surface area (Å²) in [5.41, 5.74) is 1.07. The third-order valence-electron chi connectivity index (χ3n) is 4.97. The van der Waals surface area contributed by atoms with Gasteiger partial charge < -0.3 is 19.6 Å². The number of carbonyl (C=O) groups excluding carboxylic acids is 1. The van der Waals surface area contributed by atoms with Crippen LogP contribution in [0.1, 0.15) is 43.5 Å². The van der Waals surface area contributed by atoms with Crippen LogP contribution < -0.4 is 5.32 Å². The molecule has 2 heterocycles. The van der Waals surface area contributed by atoms with Gasteiger partial charge in [0.2, 0.25) is 11.8 Å². The highest BCUT2D eigenvalue weighted by molar-refractivity contribution is 14.0. The highest BCUT2D eigenvalue weighted by atomic mass is 127. The van der Waals surface area contributed by atoms with E-state index in [1.807, 2.05) is 47.9 Å². The molecule has 31 heavy (non-hydrogen) atoms. The normalized spacial score (nSPS) is 14.7. The molecule has 0 aliphatic carbocycles. The molecule has 3 rings (SSSR count). The zero-order valence-corrected chi connectivity index (χ0v) is 21.3. The van der Waals surface area contributed by atoms with Crippen molar-refractivity contribution in [2.75, 3.05) is 33.2 Å². The Kier molecular flexibility index (Phi) is 10.0. The maximum absolute atomic E-state index is 12.6. The molecule has 1 aliphatic rings. The second-order valence-electron chi connectivity index (χ2n) is 7.64. The molecule has 1 saturated heterocycles. The Labute approximate surface area is 205 Å². The smallest absolute Gasteiger partial charge is 0.242 e. The van der Waals surface area contributed by atoms with Crippen molar-refractivity contribution in [2.45, 2.75) is 39.2 Å². The summed E-state index contributed by atoms with van der Waals surface area (Å²) in [7, 11) is 1.74. The third-order valence-corrected chi connectivity index (χ3v) is 5.22. The van der Waals surface area contributed by atoms with E-state index in [0.29, 0.717) is 43.5 Å². The lowest BCUT2D eigenvalue weighted by atomic mass is 10.2. The molecule has 0 unspecified atom stereocenters. The number of aromatic nitrogens is 2. The van der Waals surface area contributed by atoms with Gasteiger partial charge in [0.1, 0.15) is 0 Å². The highest BCUT2D eigenvalue weighted by Gasteiger charge is 2.25. The van der Waals surface area contributed by atoms with Crippen LogP contribution in [0.4, 0.5) is 0 Å². The molecule has 1 fully saturated rings. The lowest BCUT2D eigenvalue weighted by molar-refractivity contribution is -0.135. The average Bonchev–Trinajstić information content (AvgIpc) is 3.21. The molecule has 0 radical (unpaired) electrons. The quantitative estimate of drug-likeness (QED) is 0.242. The van der Waals surface area contributed by atoms with Crippen molar-refractivity contribution < 1.29 is 9.32 Å². The molecule has 1 aromatic heterocycles. The fourth-order valence-electron chi connectivity index (χ4n) is 3.24. The van der Waals surface area contributed by atoms with Crippen LogP contribution in [-0.2, 0) is 17.8 Å². The van der Waals surface area contributed by atoms with Crippen molar-refractivity contribution in [3.63, 3.8) is 0 Å². The van der Waals surface area contributed by atoms with Crippen molar-refractivity contribution in [2.24, 2.45) is 4.99 Å². The maximum atomic E-state index is 12.6. The molecule has 1 amide bonds. The number of aryl methyl sites for hydroxylation is 1. The van der Waals surface area contributed by atoms with Crippen LogP contribution in [0.2, 0.25) is 5.02 Å². The Morgan fingerprint density at radius 2 is 2.03 bits per heavy atom. The number of hydrogen-bond acceptors (Lipinski definition) is 5. The van der Waals surface area contributed by atoms with Crippen molar-refractivity contribution in [1.82, 2.24) is 25.3 Å². The molecule has 10 heteroatoms. The van der Waals surface area contributed by atoms with Gasteiger partial charge in [0.25, 0.3) is 0 Å². The van der Waals surface area contributed by atoms with Crippen LogP contribution in [-0.4, -0.2) is 65.0 Å². The van der Waals surface area contributed by atoms with E-state index in [2.05, 4.69) is 20.4 Å². The Balaban J connectivity index is 0.00000341. The Bertz CT molecular complexity index is 871. The maximum Gasteiger partial charge on any atom is 0.242 e. The van der Waals surface area contributed by atoms with Gasteiger partial charge in [-0.2, -0.15) is 4.98 Å². The van der Waals surface area contributed by atoms with Crippen molar-refractivity contribution >= 4 is 47.4 Å². The van der Waals surface area contributed by atoms with Gasteiger partial charge in [-0.15, -0.1) is 24.0 Å². The van der Waals surface area contributed by atoms with Gasteiger partial charge >= 0.3 is 0 Å². The second kappa shape index (κ2) is 12.2. The fourth-order valence-corrected chi connectivity index (χ4v) is 3.37. The summed E-state index contributed by atoms with van der Waals surface area (Å²) in [6.45, 7) is 7.09. The zero-order valence-electron chi connectivity index (χ0n) is 18.2. The van der Waals surface area contributed by atoms with Crippen LogP contribution in [0.15, 0.2) is 33.8 Å². The van der Waals surface area contributed by atoms with E-state index in [-0.39, 0.29) is 35.8 Å². The molecule has 0 saturated carbocycles. The number of piperazine rings is 1. The molecular formula is C21H30ClIN6O2. The minimum atomic E-state index is 0. The molecule has 2 aromatic rings. The molecule has 0 bridgehead atoms. The van der Waals surface area contributed by atoms with E-state index in [9.17, 15) is 4.79 Å². The van der Waals surface area contributed by atoms with Crippen LogP contribution in [0, 0.1) is 0 Å². The number of nitrogens with zero attached hydrogens (tertiary/aromatic N) is 5. The largest absolute Gasteiger partial charge is 0.356 e. The summed E-state index contributed by atoms with van der Waals surface area (Å²) in [5, 5.41) is 8.01. The number of benzene rings is 1. The molecule has 1 N–H and O–H groups in total. The van der Waals surface area contributed by atoms with E-state index in [1.54, 1.807) is 7.05 Å². The minimum Gasteiger partial charge on any atom is -0.356 e. The first-order valence-corrected chi connectivity index (χ1v) is 10.6. The first-order chi connectivity index (χ1) is 14.5. The number of amides is 1. The SMILES string of the molecule is CN=C(NCCCc1nc(C(C)C)no1)N1CCN(Cc2ccc(Cl)cc2)C(=O)C1.I. The topological polar surface area (TPSA) is 86.9 Å². The van der Waals surface area contributed by atoms with E-state index in [4.69, 9.17) is 16.1 Å². The summed E-state index contributed by atoms with van der Waals surface area (Å²) in [6.07, 6.45) is 1.54. The number of nitrogens with one attached hydrogen (secondary N) is 1. The predicted molar refractivity (Wildman–Crippen MR) is 132 cm³/mol. The monoisotopic (exact) mass is 560 g/mol. The Hall–Kier alpha value is -1.88. The Morgan fingerprint density at radius 3 is 2.65 bits per heavy atom. The van der Waals surface area contributed by atoms with E-state index in [0.717, 1.165) is 30.3 Å². The lowest BCUT2D eigenvalue weighted by Gasteiger charge is -2.36. The number of aliphatic imine (C=N–C) groups is 1. The van der Waals surface area contributed by atoms with Crippen LogP contribution >= 0.6 is 35.6 Å². The van der Waals surface area contributed by atoms with Gasteiger partial charge in [-0.3, -0.25) is 9.79 Å². The summed E-state index contributed by atoms with van der Waals surface area (Å²) >= 11 is 5.93. The molecule has 0 atom stereocenters. The van der Waals surface area contributed by atoms with Crippen LogP contribution in [0.5, 0.6) is 0 Å². The number of rotatable bonds is 7. The molecule has 0 spiro atoms. The number of halogens is 2. The molecule has 1 aromatic carbocycles. The summed E-state index contributed by atoms with van der Waals surface area (Å²) in [6, 6.07) is 7.61. The standard InChI is InChI=1S/C21H29ClN6O2.HI/c1-15(2)20-25-18(30-26-20)5-4-10-24-21(23-3)28-12-11-27(19(29)14-28)13-16-6-8-17(22)9-7-16;/h6-9,15H,4-5,10-14H2,1-3H3,(H,23,24);1H. The average molecular weight is 561 g/mol. The van der Waals surface area contributed by atoms with Crippen molar-refractivity contribution in [3.05, 3.63) is 46.6 Å². The molecule has 8 nitrogen and oxygen atoms in total. The van der Waals surface area contributed by atoms with Crippen molar-refractivity contribution in [1.29, 1.82) is 0 Å². The van der Waals surface area contributed by atoms with Gasteiger partial charge in [-0.25, -0.2) is 0 Å².